The summed E-state index contributed by atoms with van der Waals surface area (Å²) >= 11 is 6.27. The highest BCUT2D eigenvalue weighted by Gasteiger charge is 2.31. The van der Waals surface area contributed by atoms with Crippen molar-refractivity contribution in [2.45, 2.75) is 44.9 Å². The minimum Gasteiger partial charge on any atom is -0.497 e. The number of hydrogen-bond acceptors (Lipinski definition) is 17. The standard InChI is InChI=1S/C20H16N2O.C19H14ClN3.C19H16N4.C19H17N3O.C18H14N4.C12H11N3/c1-23-18-10-8-17(9-11-18)22-14-21-19-12-7-16(13-20(19)22)15-5-3-2-4-6-15;1-13-2-5-15(6-3-13)23-12-22-18-7-4-14(10-19(18)23)16-8-9-21-11-17(16)20;1-13-2-6-16(7-3-13)23-12-22-17-8-4-14(10-18(17)23)15-5-9-19(20)21-11-15;1-23-17-5-3-16(4-6-17)22-13-21-18-7-2-15(12-19(18)22)14-8-10-20-11-9-14;1-13-2-5-16(6-3-13)22-12-21-17-7-4-14(8-18(17)22)15-9-19-11-20-10-15;1-2-11-12(15-8-14-11)7-10(1)9-3-5-13-6-4-9/h2-14H,1H3;2-12H,1H3;2-12H,1H3,(H2,20,21);2-13,18-19H,1H3;2-12H,1H3;1-8,11-12H,(H,14,15). The second-order valence-corrected chi connectivity index (χ2v) is 31.5. The van der Waals surface area contributed by atoms with Crippen LogP contribution in [0.3, 0.4) is 0 Å². The number of aliphatic imine (C=N–C) groups is 2. The summed E-state index contributed by atoms with van der Waals surface area (Å²) in [6.45, 7) is 6.25. The average molecular weight is 1710 g/mol. The molecule has 0 bridgehead atoms. The molecule has 0 spiro atoms. The third-order valence-electron chi connectivity index (χ3n) is 22.6. The van der Waals surface area contributed by atoms with Crippen LogP contribution in [0, 0.1) is 20.8 Å². The van der Waals surface area contributed by atoms with Crippen LogP contribution in [0.4, 0.5) is 11.5 Å². The monoisotopic (exact) mass is 1710 g/mol. The Kier molecular flexibility index (Phi) is 24.9. The number of nitrogens with one attached hydrogen (secondary N) is 1. The molecule has 10 aromatic carbocycles. The van der Waals surface area contributed by atoms with E-state index < -0.39 is 0 Å². The lowest BCUT2D eigenvalue weighted by Crippen LogP contribution is -2.35. The predicted octanol–water partition coefficient (Wildman–Crippen LogP) is 22.3. The first-order valence-electron chi connectivity index (χ1n) is 42.1. The van der Waals surface area contributed by atoms with E-state index in [1.54, 1.807) is 45.5 Å². The van der Waals surface area contributed by atoms with Crippen molar-refractivity contribution in [1.82, 2.24) is 73.4 Å². The summed E-state index contributed by atoms with van der Waals surface area (Å²) in [5.41, 5.74) is 36.5. The number of benzene rings is 10. The Morgan fingerprint density at radius 3 is 1.26 bits per heavy atom. The van der Waals surface area contributed by atoms with Gasteiger partial charge in [-0.05, 0) is 247 Å². The first kappa shape index (κ1) is 83.3. The van der Waals surface area contributed by atoms with Crippen LogP contribution < -0.4 is 25.4 Å². The molecule has 11 heterocycles. The molecule has 0 radical (unpaired) electrons. The molecule has 0 amide bonds. The highest BCUT2D eigenvalue weighted by Crippen LogP contribution is 2.36. The molecule has 630 valence electrons. The van der Waals surface area contributed by atoms with Gasteiger partial charge in [0.05, 0.1) is 100 Å². The number of halogens is 1. The molecule has 4 unspecified atom stereocenters. The number of allylic oxidation sites excluding steroid dienone is 4. The number of rotatable bonds is 13. The van der Waals surface area contributed by atoms with Crippen molar-refractivity contribution in [1.29, 1.82) is 0 Å². The van der Waals surface area contributed by atoms with Crippen LogP contribution in [0.5, 0.6) is 11.5 Å². The number of fused-ring (bicyclic) bond motifs is 6. The maximum atomic E-state index is 6.27. The molecular formula is C107H88ClN19O2. The summed E-state index contributed by atoms with van der Waals surface area (Å²) in [7, 11) is 3.35. The Morgan fingerprint density at radius 1 is 0.357 bits per heavy atom. The number of nitrogens with two attached hydrogens (primary N) is 1. The van der Waals surface area contributed by atoms with Gasteiger partial charge in [-0.15, -0.1) is 0 Å². The topological polar surface area (TPSA) is 233 Å². The molecule has 0 saturated heterocycles. The van der Waals surface area contributed by atoms with E-state index in [1.165, 1.54) is 50.1 Å². The zero-order valence-electron chi connectivity index (χ0n) is 71.3. The summed E-state index contributed by atoms with van der Waals surface area (Å²) in [5.74, 6) is 2.24. The lowest BCUT2D eigenvalue weighted by Gasteiger charge is -2.27. The summed E-state index contributed by atoms with van der Waals surface area (Å²) in [4.78, 5) is 53.6. The Hall–Kier alpha value is -16.7. The molecule has 21 nitrogen and oxygen atoms in total. The normalized spacial score (nSPS) is 14.8. The van der Waals surface area contributed by atoms with Gasteiger partial charge in [-0.3, -0.25) is 43.2 Å². The molecule has 2 aliphatic carbocycles. The molecule has 129 heavy (non-hydrogen) atoms. The van der Waals surface area contributed by atoms with Gasteiger partial charge in [0.2, 0.25) is 0 Å². The molecule has 19 aromatic rings. The highest BCUT2D eigenvalue weighted by molar-refractivity contribution is 6.33. The fourth-order valence-corrected chi connectivity index (χ4v) is 15.8. The van der Waals surface area contributed by atoms with Gasteiger partial charge in [0.15, 0.2) is 0 Å². The van der Waals surface area contributed by atoms with E-state index in [0.717, 1.165) is 117 Å². The molecule has 0 fully saturated rings. The minimum absolute atomic E-state index is 0.169. The van der Waals surface area contributed by atoms with E-state index in [9.17, 15) is 0 Å². The van der Waals surface area contributed by atoms with Gasteiger partial charge in [0, 0.05) is 101 Å². The minimum atomic E-state index is 0.169. The van der Waals surface area contributed by atoms with Gasteiger partial charge in [-0.25, -0.2) is 34.9 Å². The number of nitrogen functional groups attached to an aromatic ring is 1. The molecule has 4 atom stereocenters. The quantitative estimate of drug-likeness (QED) is 0.109. The van der Waals surface area contributed by atoms with Crippen LogP contribution >= 0.6 is 11.6 Å². The zero-order valence-corrected chi connectivity index (χ0v) is 72.0. The van der Waals surface area contributed by atoms with Crippen molar-refractivity contribution in [3.05, 3.63) is 424 Å². The second kappa shape index (κ2) is 38.6. The summed E-state index contributed by atoms with van der Waals surface area (Å²) in [6, 6.07) is 91.5. The Morgan fingerprint density at radius 2 is 0.783 bits per heavy atom. The third-order valence-corrected chi connectivity index (χ3v) is 23.0. The van der Waals surface area contributed by atoms with E-state index in [2.05, 4.69) is 297 Å². The summed E-state index contributed by atoms with van der Waals surface area (Å²) < 4.78 is 18.8. The molecule has 4 aliphatic rings. The number of ether oxygens (including phenoxy) is 2. The van der Waals surface area contributed by atoms with Crippen LogP contribution in [0.15, 0.2) is 401 Å². The Balaban J connectivity index is 0.000000105. The van der Waals surface area contributed by atoms with Gasteiger partial charge in [-0.1, -0.05) is 156 Å². The van der Waals surface area contributed by atoms with E-state index in [0.29, 0.717) is 16.9 Å². The first-order chi connectivity index (χ1) is 63.4. The second-order valence-electron chi connectivity index (χ2n) is 31.0. The van der Waals surface area contributed by atoms with Crippen molar-refractivity contribution in [3.63, 3.8) is 0 Å². The number of nitrogens with zero attached hydrogens (tertiary/aromatic N) is 17. The SMILES string of the molecule is C1=CC2N=CNC2C=C1c1ccncc1.COc1ccc(-n2cnc3ccc(-c4ccccc4)cc32)cc1.COc1ccc(N2C=NC3C=CC(c4ccncc4)=CC32)cc1.Cc1ccc(-n2cnc3ccc(-c4ccc(N)nc4)cc32)cc1.Cc1ccc(-n2cnc3ccc(-c4ccncc4Cl)cc32)cc1.Cc1ccc(-n2cnc3ccc(-c4cncnc4)cc32)cc1. The smallest absolute Gasteiger partial charge is 0.123 e. The van der Waals surface area contributed by atoms with Crippen LogP contribution in [-0.4, -0.2) is 119 Å². The molecule has 22 heteroatoms. The van der Waals surface area contributed by atoms with E-state index in [4.69, 9.17) is 26.8 Å². The number of aromatic nitrogens is 14. The van der Waals surface area contributed by atoms with Crippen LogP contribution in [0.2, 0.25) is 5.02 Å². The number of imidazole rings is 4. The van der Waals surface area contributed by atoms with Crippen molar-refractivity contribution in [3.8, 4) is 78.8 Å². The lowest BCUT2D eigenvalue weighted by atomic mass is 9.94. The van der Waals surface area contributed by atoms with Gasteiger partial charge < -0.3 is 25.4 Å². The van der Waals surface area contributed by atoms with Crippen LogP contribution in [0.1, 0.15) is 27.8 Å². The van der Waals surface area contributed by atoms with Crippen LogP contribution in [-0.2, 0) is 0 Å². The number of methoxy groups -OCH3 is 2. The zero-order chi connectivity index (χ0) is 87.9. The number of hydrogen-bond donors (Lipinski definition) is 2. The Labute approximate surface area is 751 Å². The van der Waals surface area contributed by atoms with Gasteiger partial charge in [-0.2, -0.15) is 0 Å². The maximum absolute atomic E-state index is 6.27. The van der Waals surface area contributed by atoms with E-state index in [-0.39, 0.29) is 18.1 Å². The number of aryl methyl sites for hydroxylation is 3. The molecule has 3 N–H and O–H groups in total. The van der Waals surface area contributed by atoms with Crippen molar-refractivity contribution in [2.24, 2.45) is 9.98 Å². The van der Waals surface area contributed by atoms with Crippen molar-refractivity contribution < 1.29 is 9.47 Å². The number of pyridine rings is 4. The largest absolute Gasteiger partial charge is 0.497 e. The third kappa shape index (κ3) is 19.2. The first-order valence-corrected chi connectivity index (χ1v) is 42.5. The molecule has 2 aliphatic heterocycles. The Bertz CT molecular complexity index is 7280. The lowest BCUT2D eigenvalue weighted by molar-refractivity contribution is 0.414. The van der Waals surface area contributed by atoms with Crippen LogP contribution in [0.25, 0.3) is 123 Å². The van der Waals surface area contributed by atoms with E-state index in [1.807, 2.05) is 184 Å². The van der Waals surface area contributed by atoms with Crippen molar-refractivity contribution in [2.75, 3.05) is 24.9 Å². The molecule has 9 aromatic heterocycles. The molecule has 23 rings (SSSR count). The van der Waals surface area contributed by atoms with E-state index >= 15 is 0 Å². The van der Waals surface area contributed by atoms with Crippen molar-refractivity contribution >= 4 is 91.1 Å². The van der Waals surface area contributed by atoms with Gasteiger partial charge in [0.25, 0.3) is 0 Å². The average Bonchev–Trinajstić information content (AvgIpc) is 1.70. The fourth-order valence-electron chi connectivity index (χ4n) is 15.6. The molecule has 0 saturated carbocycles. The number of anilines is 2. The fraction of sp³-hybridized carbons (Fsp3) is 0.0841. The van der Waals surface area contributed by atoms with Gasteiger partial charge >= 0.3 is 0 Å². The summed E-state index contributed by atoms with van der Waals surface area (Å²) in [6.07, 6.45) is 41.9. The summed E-state index contributed by atoms with van der Waals surface area (Å²) in [5, 5.41) is 3.87. The van der Waals surface area contributed by atoms with Gasteiger partial charge in [0.1, 0.15) is 49.0 Å². The highest BCUT2D eigenvalue weighted by atomic mass is 35.5. The molecular weight excluding hydrogens is 1620 g/mol. The maximum Gasteiger partial charge on any atom is 0.123 e. The predicted molar refractivity (Wildman–Crippen MR) is 521 cm³/mol.